The molecule has 2 rings (SSSR count). The Bertz CT molecular complexity index is 452. The van der Waals surface area contributed by atoms with Gasteiger partial charge in [-0.1, -0.05) is 6.92 Å². The Kier molecular flexibility index (Phi) is 3.12. The Labute approximate surface area is 99.6 Å². The first-order chi connectivity index (χ1) is 8.10. The molecular formula is C11H16N4O2. The molecule has 0 radical (unpaired) electrons. The third kappa shape index (κ3) is 2.46. The third-order valence-electron chi connectivity index (χ3n) is 2.87. The number of carbonyl (C=O) groups is 2. The van der Waals surface area contributed by atoms with Crippen LogP contribution in [0.1, 0.15) is 18.3 Å². The fourth-order valence-electron chi connectivity index (χ4n) is 1.84. The fourth-order valence-corrected chi connectivity index (χ4v) is 1.84. The number of amides is 2. The van der Waals surface area contributed by atoms with Gasteiger partial charge in [0.2, 0.25) is 11.8 Å². The smallest absolute Gasteiger partial charge is 0.242 e. The van der Waals surface area contributed by atoms with Crippen LogP contribution in [0.25, 0.3) is 0 Å². The molecule has 1 fully saturated rings. The molecule has 0 bridgehead atoms. The van der Waals surface area contributed by atoms with Gasteiger partial charge >= 0.3 is 0 Å². The summed E-state index contributed by atoms with van der Waals surface area (Å²) in [6, 6.07) is 1.97. The van der Waals surface area contributed by atoms with Gasteiger partial charge in [0.15, 0.2) is 0 Å². The zero-order chi connectivity index (χ0) is 12.4. The van der Waals surface area contributed by atoms with Crippen molar-refractivity contribution in [2.45, 2.75) is 19.9 Å². The van der Waals surface area contributed by atoms with Crippen LogP contribution in [0.3, 0.4) is 0 Å². The fraction of sp³-hybridized carbons (Fsp3) is 0.545. The van der Waals surface area contributed by atoms with Crippen molar-refractivity contribution in [3.63, 3.8) is 0 Å². The highest BCUT2D eigenvalue weighted by Crippen LogP contribution is 2.09. The minimum absolute atomic E-state index is 0.0520. The summed E-state index contributed by atoms with van der Waals surface area (Å²) in [6.45, 7) is 2.70. The number of aryl methyl sites for hydroxylation is 2. The van der Waals surface area contributed by atoms with Gasteiger partial charge in [0, 0.05) is 7.05 Å². The van der Waals surface area contributed by atoms with E-state index in [1.807, 2.05) is 20.0 Å². The van der Waals surface area contributed by atoms with Crippen LogP contribution in [0.5, 0.6) is 0 Å². The van der Waals surface area contributed by atoms with E-state index in [0.29, 0.717) is 6.54 Å². The van der Waals surface area contributed by atoms with Gasteiger partial charge in [0.05, 0.1) is 31.0 Å². The Morgan fingerprint density at radius 2 is 2.24 bits per heavy atom. The first-order valence-corrected chi connectivity index (χ1v) is 5.66. The normalized spacial score (nSPS) is 16.2. The second-order valence-corrected chi connectivity index (χ2v) is 4.13. The average Bonchev–Trinajstić information content (AvgIpc) is 2.65. The molecule has 2 amide bonds. The highest BCUT2D eigenvalue weighted by atomic mass is 16.2. The number of rotatable bonds is 3. The molecule has 6 nitrogen and oxygen atoms in total. The second kappa shape index (κ2) is 4.57. The lowest BCUT2D eigenvalue weighted by atomic mass is 10.2. The Hall–Kier alpha value is -1.85. The van der Waals surface area contributed by atoms with Crippen LogP contribution in [0.2, 0.25) is 0 Å². The Morgan fingerprint density at radius 1 is 1.47 bits per heavy atom. The van der Waals surface area contributed by atoms with Crippen LogP contribution in [0.4, 0.5) is 0 Å². The van der Waals surface area contributed by atoms with Crippen LogP contribution in [0, 0.1) is 0 Å². The maximum absolute atomic E-state index is 11.6. The monoisotopic (exact) mass is 236 g/mol. The number of hydrogen-bond donors (Lipinski definition) is 1. The van der Waals surface area contributed by atoms with Crippen molar-refractivity contribution < 1.29 is 9.59 Å². The molecule has 0 aliphatic carbocycles. The number of nitrogens with one attached hydrogen (secondary N) is 1. The van der Waals surface area contributed by atoms with Gasteiger partial charge in [-0.15, -0.1) is 0 Å². The van der Waals surface area contributed by atoms with Crippen LogP contribution in [-0.4, -0.2) is 39.6 Å². The number of nitrogens with zero attached hydrogens (tertiary/aromatic N) is 3. The summed E-state index contributed by atoms with van der Waals surface area (Å²) in [5, 5.41) is 6.84. The molecule has 1 N–H and O–H groups in total. The topological polar surface area (TPSA) is 67.2 Å². The highest BCUT2D eigenvalue weighted by molar-refractivity contribution is 5.92. The summed E-state index contributed by atoms with van der Waals surface area (Å²) < 4.78 is 1.76. The molecular weight excluding hydrogens is 220 g/mol. The highest BCUT2D eigenvalue weighted by Gasteiger charge is 2.23. The summed E-state index contributed by atoms with van der Waals surface area (Å²) in [4.78, 5) is 24.4. The molecule has 92 valence electrons. The summed E-state index contributed by atoms with van der Waals surface area (Å²) in [6.07, 6.45) is 0.863. The number of piperazine rings is 1. The van der Waals surface area contributed by atoms with Gasteiger partial charge in [-0.3, -0.25) is 14.3 Å². The van der Waals surface area contributed by atoms with Gasteiger partial charge in [0.1, 0.15) is 0 Å². The summed E-state index contributed by atoms with van der Waals surface area (Å²) in [7, 11) is 1.85. The van der Waals surface area contributed by atoms with E-state index >= 15 is 0 Å². The van der Waals surface area contributed by atoms with Crippen molar-refractivity contribution >= 4 is 11.8 Å². The van der Waals surface area contributed by atoms with Gasteiger partial charge in [-0.05, 0) is 12.5 Å². The third-order valence-corrected chi connectivity index (χ3v) is 2.87. The minimum atomic E-state index is -0.109. The van der Waals surface area contributed by atoms with E-state index in [1.165, 1.54) is 0 Å². The van der Waals surface area contributed by atoms with E-state index in [-0.39, 0.29) is 24.9 Å². The number of hydrogen-bond acceptors (Lipinski definition) is 3. The number of carbonyl (C=O) groups excluding carboxylic acids is 2. The molecule has 17 heavy (non-hydrogen) atoms. The van der Waals surface area contributed by atoms with Crippen LogP contribution in [0.15, 0.2) is 6.07 Å². The van der Waals surface area contributed by atoms with E-state index in [1.54, 1.807) is 9.58 Å². The molecule has 0 spiro atoms. The maximum atomic E-state index is 11.6. The van der Waals surface area contributed by atoms with Crippen molar-refractivity contribution in [1.29, 1.82) is 0 Å². The van der Waals surface area contributed by atoms with E-state index < -0.39 is 0 Å². The zero-order valence-corrected chi connectivity index (χ0v) is 10.1. The molecule has 0 unspecified atom stereocenters. The van der Waals surface area contributed by atoms with Crippen molar-refractivity contribution in [3.05, 3.63) is 17.5 Å². The first-order valence-electron chi connectivity index (χ1n) is 5.66. The summed E-state index contributed by atoms with van der Waals surface area (Å²) in [5.41, 5.74) is 1.95. The van der Waals surface area contributed by atoms with Gasteiger partial charge in [-0.25, -0.2) is 0 Å². The quantitative estimate of drug-likeness (QED) is 0.765. The molecule has 0 aromatic carbocycles. The van der Waals surface area contributed by atoms with Crippen LogP contribution in [-0.2, 0) is 29.6 Å². The second-order valence-electron chi connectivity index (χ2n) is 4.13. The lowest BCUT2D eigenvalue weighted by Crippen LogP contribution is -2.51. The maximum Gasteiger partial charge on any atom is 0.242 e. The van der Waals surface area contributed by atoms with E-state index in [2.05, 4.69) is 10.4 Å². The Balaban J connectivity index is 2.11. The summed E-state index contributed by atoms with van der Waals surface area (Å²) in [5.74, 6) is -0.161. The van der Waals surface area contributed by atoms with Gasteiger partial charge in [-0.2, -0.15) is 5.10 Å². The predicted molar refractivity (Wildman–Crippen MR) is 61.0 cm³/mol. The van der Waals surface area contributed by atoms with Gasteiger partial charge < -0.3 is 10.2 Å². The standard InChI is InChI=1S/C11H16N4O2/c1-3-8-4-9(14(2)13-8)6-15-7-10(16)12-5-11(15)17/h4H,3,5-7H2,1-2H3,(H,12,16). The predicted octanol–water partition coefficient (Wildman–Crippen LogP) is -0.559. The van der Waals surface area contributed by atoms with Gasteiger partial charge in [0.25, 0.3) is 0 Å². The Morgan fingerprint density at radius 3 is 2.88 bits per heavy atom. The molecule has 1 aromatic heterocycles. The summed E-state index contributed by atoms with van der Waals surface area (Å²) >= 11 is 0. The molecule has 1 saturated heterocycles. The van der Waals surface area contributed by atoms with E-state index in [9.17, 15) is 9.59 Å². The van der Waals surface area contributed by atoms with Crippen LogP contribution < -0.4 is 5.32 Å². The van der Waals surface area contributed by atoms with Crippen molar-refractivity contribution in [2.75, 3.05) is 13.1 Å². The van der Waals surface area contributed by atoms with Crippen molar-refractivity contribution in [1.82, 2.24) is 20.0 Å². The minimum Gasteiger partial charge on any atom is -0.345 e. The molecule has 0 atom stereocenters. The largest absolute Gasteiger partial charge is 0.345 e. The zero-order valence-electron chi connectivity index (χ0n) is 10.1. The van der Waals surface area contributed by atoms with Crippen LogP contribution >= 0.6 is 0 Å². The molecule has 1 aliphatic heterocycles. The lowest BCUT2D eigenvalue weighted by Gasteiger charge is -2.26. The van der Waals surface area contributed by atoms with Crippen molar-refractivity contribution in [2.24, 2.45) is 7.05 Å². The molecule has 0 saturated carbocycles. The number of aromatic nitrogens is 2. The van der Waals surface area contributed by atoms with E-state index in [0.717, 1.165) is 17.8 Å². The van der Waals surface area contributed by atoms with E-state index in [4.69, 9.17) is 0 Å². The lowest BCUT2D eigenvalue weighted by molar-refractivity contribution is -0.141. The SMILES string of the molecule is CCc1cc(CN2CC(=O)NCC2=O)n(C)n1. The first kappa shape index (κ1) is 11.6. The average molecular weight is 236 g/mol. The molecule has 1 aliphatic rings. The van der Waals surface area contributed by atoms with Crippen molar-refractivity contribution in [3.8, 4) is 0 Å². The molecule has 6 heteroatoms. The molecule has 1 aromatic rings. The molecule has 2 heterocycles.